The molecule has 0 saturated carbocycles. The Morgan fingerprint density at radius 2 is 2.04 bits per heavy atom. The lowest BCUT2D eigenvalue weighted by atomic mass is 10.0. The van der Waals surface area contributed by atoms with Crippen molar-refractivity contribution >= 4 is 17.6 Å². The SMILES string of the molecule is CNC(=O)NC(=O)C(C)Nc1ccc(C)c(OCC2CCOCC2)c1. The summed E-state index contributed by atoms with van der Waals surface area (Å²) < 4.78 is 11.3. The number of carbonyl (C=O) groups excluding carboxylic acids is 2. The van der Waals surface area contributed by atoms with Crippen molar-refractivity contribution in [2.24, 2.45) is 5.92 Å². The first-order chi connectivity index (χ1) is 12.0. The fraction of sp³-hybridized carbons (Fsp3) is 0.556. The molecule has 7 heteroatoms. The van der Waals surface area contributed by atoms with Crippen LogP contribution in [-0.2, 0) is 9.53 Å². The Hall–Kier alpha value is -2.28. The number of anilines is 1. The Labute approximate surface area is 148 Å². The lowest BCUT2D eigenvalue weighted by molar-refractivity contribution is -0.120. The Bertz CT molecular complexity index is 600. The molecule has 138 valence electrons. The molecule has 0 bridgehead atoms. The number of ether oxygens (including phenoxy) is 2. The Balaban J connectivity index is 1.92. The van der Waals surface area contributed by atoms with Gasteiger partial charge in [0.2, 0.25) is 5.91 Å². The number of imide groups is 1. The second kappa shape index (κ2) is 9.27. The highest BCUT2D eigenvalue weighted by Crippen LogP contribution is 2.25. The molecule has 0 aliphatic carbocycles. The first-order valence-electron chi connectivity index (χ1n) is 8.60. The number of aryl methyl sites for hydroxylation is 1. The molecule has 1 aromatic rings. The average molecular weight is 349 g/mol. The molecule has 1 saturated heterocycles. The molecule has 1 aliphatic heterocycles. The van der Waals surface area contributed by atoms with Gasteiger partial charge in [-0.2, -0.15) is 0 Å². The minimum absolute atomic E-state index is 0.399. The average Bonchev–Trinajstić information content (AvgIpc) is 2.62. The van der Waals surface area contributed by atoms with Gasteiger partial charge in [-0.05, 0) is 44.2 Å². The van der Waals surface area contributed by atoms with E-state index in [9.17, 15) is 9.59 Å². The Morgan fingerprint density at radius 3 is 2.72 bits per heavy atom. The maximum atomic E-state index is 11.9. The van der Waals surface area contributed by atoms with Gasteiger partial charge in [-0.1, -0.05) is 6.07 Å². The number of urea groups is 1. The van der Waals surface area contributed by atoms with E-state index >= 15 is 0 Å². The molecular formula is C18H27N3O4. The fourth-order valence-electron chi connectivity index (χ4n) is 2.56. The normalized spacial score (nSPS) is 16.0. The Morgan fingerprint density at radius 1 is 1.32 bits per heavy atom. The number of rotatable bonds is 6. The number of carbonyl (C=O) groups is 2. The number of hydrogen-bond acceptors (Lipinski definition) is 5. The van der Waals surface area contributed by atoms with Gasteiger partial charge in [-0.3, -0.25) is 10.1 Å². The largest absolute Gasteiger partial charge is 0.493 e. The van der Waals surface area contributed by atoms with Crippen LogP contribution in [0.25, 0.3) is 0 Å². The lowest BCUT2D eigenvalue weighted by Crippen LogP contribution is -2.44. The third-order valence-corrected chi connectivity index (χ3v) is 4.24. The zero-order valence-corrected chi connectivity index (χ0v) is 15.1. The summed E-state index contributed by atoms with van der Waals surface area (Å²) >= 11 is 0. The van der Waals surface area contributed by atoms with Crippen molar-refractivity contribution in [1.29, 1.82) is 0 Å². The minimum Gasteiger partial charge on any atom is -0.493 e. The van der Waals surface area contributed by atoms with Crippen LogP contribution in [0, 0.1) is 12.8 Å². The first-order valence-corrected chi connectivity index (χ1v) is 8.60. The van der Waals surface area contributed by atoms with E-state index in [2.05, 4.69) is 16.0 Å². The molecule has 0 radical (unpaired) electrons. The van der Waals surface area contributed by atoms with Crippen LogP contribution >= 0.6 is 0 Å². The van der Waals surface area contributed by atoms with Gasteiger partial charge in [0, 0.05) is 32.0 Å². The van der Waals surface area contributed by atoms with Gasteiger partial charge in [-0.25, -0.2) is 4.79 Å². The molecule has 25 heavy (non-hydrogen) atoms. The minimum atomic E-state index is -0.552. The van der Waals surface area contributed by atoms with Crippen molar-refractivity contribution in [3.8, 4) is 5.75 Å². The molecule has 1 aromatic carbocycles. The number of hydrogen-bond donors (Lipinski definition) is 3. The summed E-state index contributed by atoms with van der Waals surface area (Å²) in [4.78, 5) is 23.1. The molecule has 1 atom stereocenters. The summed E-state index contributed by atoms with van der Waals surface area (Å²) in [5.41, 5.74) is 1.81. The smallest absolute Gasteiger partial charge is 0.321 e. The third-order valence-electron chi connectivity index (χ3n) is 4.24. The van der Waals surface area contributed by atoms with E-state index in [-0.39, 0.29) is 0 Å². The Kier molecular flexibility index (Phi) is 7.06. The van der Waals surface area contributed by atoms with Crippen molar-refractivity contribution < 1.29 is 19.1 Å². The van der Waals surface area contributed by atoms with E-state index in [0.717, 1.165) is 43.1 Å². The monoisotopic (exact) mass is 349 g/mol. The predicted molar refractivity (Wildman–Crippen MR) is 95.9 cm³/mol. The highest BCUT2D eigenvalue weighted by molar-refractivity contribution is 5.97. The van der Waals surface area contributed by atoms with Gasteiger partial charge in [-0.15, -0.1) is 0 Å². The van der Waals surface area contributed by atoms with Crippen LogP contribution in [0.15, 0.2) is 18.2 Å². The fourth-order valence-corrected chi connectivity index (χ4v) is 2.56. The molecule has 2 rings (SSSR count). The highest BCUT2D eigenvalue weighted by Gasteiger charge is 2.17. The van der Waals surface area contributed by atoms with Crippen molar-refractivity contribution in [1.82, 2.24) is 10.6 Å². The van der Waals surface area contributed by atoms with Crippen LogP contribution in [0.5, 0.6) is 5.75 Å². The van der Waals surface area contributed by atoms with Crippen LogP contribution in [0.1, 0.15) is 25.3 Å². The summed E-state index contributed by atoms with van der Waals surface area (Å²) in [6.07, 6.45) is 2.04. The maximum absolute atomic E-state index is 11.9. The molecule has 1 heterocycles. The topological polar surface area (TPSA) is 88.7 Å². The van der Waals surface area contributed by atoms with Gasteiger partial charge in [0.15, 0.2) is 0 Å². The van der Waals surface area contributed by atoms with Crippen LogP contribution in [0.2, 0.25) is 0 Å². The number of benzene rings is 1. The van der Waals surface area contributed by atoms with E-state index in [1.165, 1.54) is 7.05 Å². The van der Waals surface area contributed by atoms with Gasteiger partial charge in [0.1, 0.15) is 11.8 Å². The van der Waals surface area contributed by atoms with Crippen LogP contribution in [0.4, 0.5) is 10.5 Å². The summed E-state index contributed by atoms with van der Waals surface area (Å²) in [6, 6.07) is 4.65. The predicted octanol–water partition coefficient (Wildman–Crippen LogP) is 2.06. The molecule has 0 spiro atoms. The summed E-state index contributed by atoms with van der Waals surface area (Å²) in [5, 5.41) is 7.69. The van der Waals surface area contributed by atoms with Crippen LogP contribution in [-0.4, -0.2) is 44.8 Å². The lowest BCUT2D eigenvalue weighted by Gasteiger charge is -2.23. The van der Waals surface area contributed by atoms with Crippen molar-refractivity contribution in [2.45, 2.75) is 32.7 Å². The van der Waals surface area contributed by atoms with Gasteiger partial charge in [0.25, 0.3) is 0 Å². The van der Waals surface area contributed by atoms with Crippen molar-refractivity contribution in [2.75, 3.05) is 32.2 Å². The quantitative estimate of drug-likeness (QED) is 0.731. The zero-order chi connectivity index (χ0) is 18.2. The standard InChI is InChI=1S/C18H27N3O4/c1-12-4-5-15(20-13(2)17(22)21-18(23)19-3)10-16(12)25-11-14-6-8-24-9-7-14/h4-5,10,13-14,20H,6-9,11H2,1-3H3,(H2,19,21,22,23). The number of nitrogens with one attached hydrogen (secondary N) is 3. The van der Waals surface area contributed by atoms with Gasteiger partial charge < -0.3 is 20.1 Å². The van der Waals surface area contributed by atoms with E-state index in [0.29, 0.717) is 12.5 Å². The van der Waals surface area contributed by atoms with Crippen molar-refractivity contribution in [3.05, 3.63) is 23.8 Å². The molecule has 3 amide bonds. The highest BCUT2D eigenvalue weighted by atomic mass is 16.5. The number of amides is 3. The van der Waals surface area contributed by atoms with Gasteiger partial charge in [0.05, 0.1) is 6.61 Å². The second-order valence-corrected chi connectivity index (χ2v) is 6.28. The second-order valence-electron chi connectivity index (χ2n) is 6.28. The van der Waals surface area contributed by atoms with E-state index < -0.39 is 18.0 Å². The molecule has 0 aromatic heterocycles. The summed E-state index contributed by atoms with van der Waals surface area (Å²) in [5.74, 6) is 0.919. The van der Waals surface area contributed by atoms with E-state index in [1.54, 1.807) is 6.92 Å². The third kappa shape index (κ3) is 5.94. The van der Waals surface area contributed by atoms with E-state index in [4.69, 9.17) is 9.47 Å². The molecule has 1 fully saturated rings. The molecule has 1 unspecified atom stereocenters. The van der Waals surface area contributed by atoms with Crippen LogP contribution < -0.4 is 20.7 Å². The molecule has 7 nitrogen and oxygen atoms in total. The zero-order valence-electron chi connectivity index (χ0n) is 15.1. The molecule has 1 aliphatic rings. The molecular weight excluding hydrogens is 322 g/mol. The van der Waals surface area contributed by atoms with Gasteiger partial charge >= 0.3 is 6.03 Å². The summed E-state index contributed by atoms with van der Waals surface area (Å²) in [7, 11) is 1.46. The van der Waals surface area contributed by atoms with Crippen molar-refractivity contribution in [3.63, 3.8) is 0 Å². The first kappa shape index (κ1) is 19.1. The molecule has 3 N–H and O–H groups in total. The maximum Gasteiger partial charge on any atom is 0.321 e. The summed E-state index contributed by atoms with van der Waals surface area (Å²) in [6.45, 7) is 5.95. The van der Waals surface area contributed by atoms with Crippen LogP contribution in [0.3, 0.4) is 0 Å². The van der Waals surface area contributed by atoms with E-state index in [1.807, 2.05) is 25.1 Å².